The summed E-state index contributed by atoms with van der Waals surface area (Å²) in [4.78, 5) is 22.7. The van der Waals surface area contributed by atoms with Crippen LogP contribution in [0.15, 0.2) is 59.5 Å². The molecule has 9 nitrogen and oxygen atoms in total. The van der Waals surface area contributed by atoms with Gasteiger partial charge in [-0.05, 0) is 30.3 Å². The fourth-order valence-corrected chi connectivity index (χ4v) is 4.03. The predicted octanol–water partition coefficient (Wildman–Crippen LogP) is 2.38. The third-order valence-corrected chi connectivity index (χ3v) is 5.41. The molecule has 0 saturated carbocycles. The second-order valence-corrected chi connectivity index (χ2v) is 7.55. The maximum absolute atomic E-state index is 12.9. The van der Waals surface area contributed by atoms with E-state index in [1.807, 2.05) is 0 Å². The first-order chi connectivity index (χ1) is 14.2. The molecule has 0 amide bonds. The normalized spacial score (nSPS) is 11.2. The van der Waals surface area contributed by atoms with E-state index in [2.05, 4.69) is 0 Å². The number of carboxylic acid groups (broad SMARTS) is 2. The number of ether oxygens (including phenoxy) is 1. The predicted molar refractivity (Wildman–Crippen MR) is 105 cm³/mol. The van der Waals surface area contributed by atoms with Crippen LogP contribution >= 0.6 is 0 Å². The molecule has 0 aromatic heterocycles. The molecule has 0 saturated heterocycles. The molecule has 0 radical (unpaired) electrons. The summed E-state index contributed by atoms with van der Waals surface area (Å²) < 4.78 is 36.2. The van der Waals surface area contributed by atoms with Gasteiger partial charge in [0.05, 0.1) is 17.7 Å². The van der Waals surface area contributed by atoms with Gasteiger partial charge in [0, 0.05) is 16.8 Å². The lowest BCUT2D eigenvalue weighted by Crippen LogP contribution is -2.12. The first kappa shape index (κ1) is 21.1. The van der Waals surface area contributed by atoms with Gasteiger partial charge in [-0.2, -0.15) is 8.42 Å². The summed E-state index contributed by atoms with van der Waals surface area (Å²) in [5, 5.41) is 27.3. The third kappa shape index (κ3) is 4.19. The molecule has 3 N–H and O–H groups in total. The van der Waals surface area contributed by atoms with Gasteiger partial charge in [-0.25, -0.2) is 9.59 Å². The average molecular weight is 432 g/mol. The van der Waals surface area contributed by atoms with E-state index in [0.717, 1.165) is 12.1 Å². The molecule has 0 atom stereocenters. The highest BCUT2D eigenvalue weighted by molar-refractivity contribution is 7.87. The van der Waals surface area contributed by atoms with Crippen molar-refractivity contribution < 1.29 is 42.2 Å². The minimum absolute atomic E-state index is 0.00938. The number of carboxylic acids is 2. The van der Waals surface area contributed by atoms with Crippen LogP contribution in [-0.4, -0.2) is 48.9 Å². The molecular weight excluding hydrogens is 416 g/mol. The number of aromatic carboxylic acids is 2. The Balaban J connectivity index is 2.12. The summed E-state index contributed by atoms with van der Waals surface area (Å²) >= 11 is 0. The van der Waals surface area contributed by atoms with E-state index in [1.165, 1.54) is 36.4 Å². The Labute approximate surface area is 170 Å². The molecule has 0 aliphatic rings. The van der Waals surface area contributed by atoms with Crippen molar-refractivity contribution >= 4 is 32.8 Å². The smallest absolute Gasteiger partial charge is 0.339 e. The zero-order valence-corrected chi connectivity index (χ0v) is 16.1. The van der Waals surface area contributed by atoms with Crippen LogP contribution in [0.4, 0.5) is 0 Å². The van der Waals surface area contributed by atoms with Gasteiger partial charge in [0.25, 0.3) is 0 Å². The lowest BCUT2D eigenvalue weighted by Gasteiger charge is -2.13. The van der Waals surface area contributed by atoms with E-state index in [-0.39, 0.29) is 51.5 Å². The molecule has 30 heavy (non-hydrogen) atoms. The van der Waals surface area contributed by atoms with E-state index < -0.39 is 22.1 Å². The van der Waals surface area contributed by atoms with Gasteiger partial charge in [-0.1, -0.05) is 18.2 Å². The summed E-state index contributed by atoms with van der Waals surface area (Å²) in [6.07, 6.45) is 0. The highest BCUT2D eigenvalue weighted by atomic mass is 32.2. The van der Waals surface area contributed by atoms with Gasteiger partial charge in [0.2, 0.25) is 0 Å². The van der Waals surface area contributed by atoms with Crippen LogP contribution in [0.3, 0.4) is 0 Å². The van der Waals surface area contributed by atoms with Crippen molar-refractivity contribution in [3.8, 4) is 11.5 Å². The maximum Gasteiger partial charge on any atom is 0.339 e. The molecular formula is C20H16O9S. The number of fused-ring (bicyclic) bond motifs is 1. The Hall–Kier alpha value is -3.63. The Kier molecular flexibility index (Phi) is 5.90. The minimum Gasteiger partial charge on any atom is -0.491 e. The number of hydrogen-bond acceptors (Lipinski definition) is 7. The molecule has 0 fully saturated rings. The van der Waals surface area contributed by atoms with Crippen LogP contribution in [0.1, 0.15) is 20.7 Å². The summed E-state index contributed by atoms with van der Waals surface area (Å²) in [6.45, 7) is -0.216. The van der Waals surface area contributed by atoms with Crippen molar-refractivity contribution in [2.24, 2.45) is 0 Å². The van der Waals surface area contributed by atoms with E-state index in [4.69, 9.17) is 14.0 Å². The number of aliphatic hydroxyl groups excluding tert-OH is 1. The summed E-state index contributed by atoms with van der Waals surface area (Å²) in [5.41, 5.74) is -0.692. The SMILES string of the molecule is O=C(O)c1cccc2c(S(=O)(=O)Oc3cccc(OCCO)c3)ccc(C(=O)O)c12. The number of hydrogen-bond donors (Lipinski definition) is 3. The van der Waals surface area contributed by atoms with Crippen LogP contribution in [0, 0.1) is 0 Å². The summed E-state index contributed by atoms with van der Waals surface area (Å²) in [5.74, 6) is -2.59. The molecule has 0 unspecified atom stereocenters. The van der Waals surface area contributed by atoms with Crippen LogP contribution in [0.25, 0.3) is 10.8 Å². The third-order valence-electron chi connectivity index (χ3n) is 4.10. The number of rotatable bonds is 8. The standard InChI is InChI=1S/C20H16O9S/c21-9-10-28-12-3-1-4-13(11-12)29-30(26,27)17-8-7-16(20(24)25)18-14(17)5-2-6-15(18)19(22)23/h1-8,11,21H,9-10H2,(H,22,23)(H,24,25). The van der Waals surface area contributed by atoms with E-state index in [1.54, 1.807) is 6.07 Å². The number of aliphatic hydroxyl groups is 1. The minimum atomic E-state index is -4.45. The van der Waals surface area contributed by atoms with Gasteiger partial charge in [-0.15, -0.1) is 0 Å². The van der Waals surface area contributed by atoms with Crippen molar-refractivity contribution in [1.82, 2.24) is 0 Å². The van der Waals surface area contributed by atoms with Gasteiger partial charge in [0.15, 0.2) is 0 Å². The first-order valence-corrected chi connectivity index (χ1v) is 9.96. The van der Waals surface area contributed by atoms with Crippen molar-refractivity contribution in [3.05, 3.63) is 65.7 Å². The Bertz CT molecular complexity index is 1210. The highest BCUT2D eigenvalue weighted by Crippen LogP contribution is 2.32. The molecule has 3 rings (SSSR count). The molecule has 0 bridgehead atoms. The fraction of sp³-hybridized carbons (Fsp3) is 0.100. The van der Waals surface area contributed by atoms with Gasteiger partial charge < -0.3 is 24.2 Å². The molecule has 0 spiro atoms. The molecule has 0 aliphatic heterocycles. The molecule has 3 aromatic carbocycles. The van der Waals surface area contributed by atoms with E-state index >= 15 is 0 Å². The highest BCUT2D eigenvalue weighted by Gasteiger charge is 2.25. The van der Waals surface area contributed by atoms with Gasteiger partial charge >= 0.3 is 22.1 Å². The summed E-state index contributed by atoms with van der Waals surface area (Å²) in [6, 6.07) is 11.6. The van der Waals surface area contributed by atoms with Crippen LogP contribution in [0.5, 0.6) is 11.5 Å². The van der Waals surface area contributed by atoms with Crippen molar-refractivity contribution in [2.45, 2.75) is 4.90 Å². The van der Waals surface area contributed by atoms with Crippen molar-refractivity contribution in [3.63, 3.8) is 0 Å². The monoisotopic (exact) mass is 432 g/mol. The zero-order valence-electron chi connectivity index (χ0n) is 15.3. The largest absolute Gasteiger partial charge is 0.491 e. The van der Waals surface area contributed by atoms with Crippen LogP contribution < -0.4 is 8.92 Å². The van der Waals surface area contributed by atoms with E-state index in [0.29, 0.717) is 0 Å². The Morgan fingerprint density at radius 2 is 1.50 bits per heavy atom. The maximum atomic E-state index is 12.9. The molecule has 156 valence electrons. The van der Waals surface area contributed by atoms with E-state index in [9.17, 15) is 28.2 Å². The quantitative estimate of drug-likeness (QED) is 0.456. The van der Waals surface area contributed by atoms with Crippen LogP contribution in [-0.2, 0) is 10.1 Å². The zero-order chi connectivity index (χ0) is 21.9. The number of carbonyl (C=O) groups is 2. The fourth-order valence-electron chi connectivity index (χ4n) is 2.91. The number of benzene rings is 3. The van der Waals surface area contributed by atoms with Crippen molar-refractivity contribution in [2.75, 3.05) is 13.2 Å². The second-order valence-electron chi connectivity index (χ2n) is 6.03. The Morgan fingerprint density at radius 1 is 0.867 bits per heavy atom. The lowest BCUT2D eigenvalue weighted by molar-refractivity contribution is 0.0695. The topological polar surface area (TPSA) is 147 Å². The molecule has 10 heteroatoms. The van der Waals surface area contributed by atoms with Crippen molar-refractivity contribution in [1.29, 1.82) is 0 Å². The molecule has 0 heterocycles. The average Bonchev–Trinajstić information content (AvgIpc) is 2.70. The first-order valence-electron chi connectivity index (χ1n) is 8.55. The summed E-state index contributed by atoms with van der Waals surface area (Å²) in [7, 11) is -4.45. The molecule has 3 aromatic rings. The second kappa shape index (κ2) is 8.39. The lowest BCUT2D eigenvalue weighted by atomic mass is 9.99. The molecule has 0 aliphatic carbocycles. The Morgan fingerprint density at radius 3 is 2.17 bits per heavy atom. The van der Waals surface area contributed by atoms with Gasteiger partial charge in [0.1, 0.15) is 23.0 Å². The van der Waals surface area contributed by atoms with Gasteiger partial charge in [-0.3, -0.25) is 0 Å². The van der Waals surface area contributed by atoms with Crippen LogP contribution in [0.2, 0.25) is 0 Å².